The third kappa shape index (κ3) is 2.79. The van der Waals surface area contributed by atoms with Crippen LogP contribution < -0.4 is 4.74 Å². The van der Waals surface area contributed by atoms with Crippen molar-refractivity contribution in [2.45, 2.75) is 20.0 Å². The Labute approximate surface area is 90.8 Å². The number of benzene rings is 1. The van der Waals surface area contributed by atoms with Crippen molar-refractivity contribution in [1.82, 2.24) is 0 Å². The molecule has 0 aromatic heterocycles. The summed E-state index contributed by atoms with van der Waals surface area (Å²) in [6.45, 7) is 3.37. The topological polar surface area (TPSA) is 52.4 Å². The Kier molecular flexibility index (Phi) is 3.47. The van der Waals surface area contributed by atoms with Gasteiger partial charge in [0.1, 0.15) is 0 Å². The Balaban J connectivity index is 3.22. The van der Waals surface area contributed by atoms with Crippen LogP contribution in [0.3, 0.4) is 0 Å². The number of nitro benzene ring substituents is 1. The molecule has 82 valence electrons. The van der Waals surface area contributed by atoms with Gasteiger partial charge in [-0.2, -0.15) is 4.39 Å². The first-order chi connectivity index (χ1) is 6.91. The van der Waals surface area contributed by atoms with E-state index in [0.29, 0.717) is 0 Å². The Morgan fingerprint density at radius 2 is 2.13 bits per heavy atom. The highest BCUT2D eigenvalue weighted by atomic mass is 35.5. The lowest BCUT2D eigenvalue weighted by Gasteiger charge is -2.10. The minimum atomic E-state index is -1.00. The van der Waals surface area contributed by atoms with E-state index in [4.69, 9.17) is 16.3 Å². The first-order valence-electron chi connectivity index (χ1n) is 4.22. The molecule has 0 amide bonds. The van der Waals surface area contributed by atoms with E-state index >= 15 is 0 Å². The molecule has 0 bridgehead atoms. The van der Waals surface area contributed by atoms with Crippen LogP contribution in [0.15, 0.2) is 12.1 Å². The normalized spacial score (nSPS) is 10.5. The third-order valence-electron chi connectivity index (χ3n) is 1.54. The minimum Gasteiger partial charge on any atom is -0.488 e. The standard InChI is InChI=1S/C9H9ClFNO3/c1-5(2)15-8-4-6(10)3-7(9(8)11)12(13)14/h3-5H,1-2H3. The third-order valence-corrected chi connectivity index (χ3v) is 1.76. The van der Waals surface area contributed by atoms with Gasteiger partial charge >= 0.3 is 5.69 Å². The van der Waals surface area contributed by atoms with Crippen molar-refractivity contribution in [2.24, 2.45) is 0 Å². The van der Waals surface area contributed by atoms with Crippen LogP contribution in [0.25, 0.3) is 0 Å². The fraction of sp³-hybridized carbons (Fsp3) is 0.333. The lowest BCUT2D eigenvalue weighted by molar-refractivity contribution is -0.387. The van der Waals surface area contributed by atoms with E-state index in [2.05, 4.69) is 0 Å². The average Bonchev–Trinajstić information content (AvgIpc) is 2.09. The number of hydrogen-bond donors (Lipinski definition) is 0. The lowest BCUT2D eigenvalue weighted by atomic mass is 10.3. The summed E-state index contributed by atoms with van der Waals surface area (Å²) < 4.78 is 18.5. The van der Waals surface area contributed by atoms with Gasteiger partial charge in [-0.3, -0.25) is 10.1 Å². The minimum absolute atomic E-state index is 0.0683. The fourth-order valence-electron chi connectivity index (χ4n) is 1.02. The number of hydrogen-bond acceptors (Lipinski definition) is 3. The molecule has 0 fully saturated rings. The average molecular weight is 234 g/mol. The van der Waals surface area contributed by atoms with Crippen molar-refractivity contribution in [2.75, 3.05) is 0 Å². The Hall–Kier alpha value is -1.36. The molecule has 0 saturated heterocycles. The zero-order valence-electron chi connectivity index (χ0n) is 8.16. The van der Waals surface area contributed by atoms with Gasteiger partial charge in [-0.05, 0) is 13.8 Å². The summed E-state index contributed by atoms with van der Waals surface area (Å²) in [6, 6.07) is 2.16. The molecular formula is C9H9ClFNO3. The largest absolute Gasteiger partial charge is 0.488 e. The van der Waals surface area contributed by atoms with Crippen LogP contribution in [-0.4, -0.2) is 11.0 Å². The van der Waals surface area contributed by atoms with E-state index < -0.39 is 16.4 Å². The summed E-state index contributed by atoms with van der Waals surface area (Å²) in [5.74, 6) is -1.21. The second-order valence-corrected chi connectivity index (χ2v) is 3.60. The molecule has 4 nitrogen and oxygen atoms in total. The van der Waals surface area contributed by atoms with Crippen LogP contribution in [0.4, 0.5) is 10.1 Å². The highest BCUT2D eigenvalue weighted by Gasteiger charge is 2.21. The van der Waals surface area contributed by atoms with Gasteiger partial charge < -0.3 is 4.74 Å². The molecule has 0 heterocycles. The highest BCUT2D eigenvalue weighted by molar-refractivity contribution is 6.30. The first kappa shape index (κ1) is 11.7. The summed E-state index contributed by atoms with van der Waals surface area (Å²) in [4.78, 5) is 9.62. The molecule has 6 heteroatoms. The molecule has 0 aliphatic heterocycles. The molecule has 0 unspecified atom stereocenters. The second kappa shape index (κ2) is 4.44. The van der Waals surface area contributed by atoms with Gasteiger partial charge in [-0.25, -0.2) is 0 Å². The molecule has 0 aliphatic rings. The smallest absolute Gasteiger partial charge is 0.310 e. The zero-order valence-corrected chi connectivity index (χ0v) is 8.92. The summed E-state index contributed by atoms with van der Waals surface area (Å²) in [6.07, 6.45) is -0.280. The fourth-order valence-corrected chi connectivity index (χ4v) is 1.23. The summed E-state index contributed by atoms with van der Waals surface area (Å²) in [5, 5.41) is 10.5. The van der Waals surface area contributed by atoms with Gasteiger partial charge in [0.15, 0.2) is 5.75 Å². The highest BCUT2D eigenvalue weighted by Crippen LogP contribution is 2.31. The number of nitro groups is 1. The van der Waals surface area contributed by atoms with Crippen LogP contribution >= 0.6 is 11.6 Å². The predicted octanol–water partition coefficient (Wildman–Crippen LogP) is 3.17. The van der Waals surface area contributed by atoms with Crippen molar-refractivity contribution in [3.8, 4) is 5.75 Å². The molecular weight excluding hydrogens is 225 g/mol. The monoisotopic (exact) mass is 233 g/mol. The molecule has 0 N–H and O–H groups in total. The van der Waals surface area contributed by atoms with Crippen LogP contribution in [-0.2, 0) is 0 Å². The van der Waals surface area contributed by atoms with Gasteiger partial charge in [0, 0.05) is 12.1 Å². The van der Waals surface area contributed by atoms with E-state index in [-0.39, 0.29) is 16.9 Å². The lowest BCUT2D eigenvalue weighted by Crippen LogP contribution is -2.08. The van der Waals surface area contributed by atoms with E-state index in [0.717, 1.165) is 6.07 Å². The van der Waals surface area contributed by atoms with E-state index in [1.165, 1.54) is 6.07 Å². The SMILES string of the molecule is CC(C)Oc1cc(Cl)cc([N+](=O)[O-])c1F. The number of halogens is 2. The summed E-state index contributed by atoms with van der Waals surface area (Å²) >= 11 is 5.60. The van der Waals surface area contributed by atoms with Crippen molar-refractivity contribution in [3.05, 3.63) is 33.1 Å². The first-order valence-corrected chi connectivity index (χ1v) is 4.59. The van der Waals surface area contributed by atoms with Gasteiger partial charge in [0.25, 0.3) is 0 Å². The molecule has 1 aromatic carbocycles. The summed E-state index contributed by atoms with van der Waals surface area (Å²) in [7, 11) is 0. The zero-order chi connectivity index (χ0) is 11.6. The van der Waals surface area contributed by atoms with Crippen LogP contribution in [0.2, 0.25) is 5.02 Å². The van der Waals surface area contributed by atoms with Crippen molar-refractivity contribution < 1.29 is 14.1 Å². The van der Waals surface area contributed by atoms with Crippen molar-refractivity contribution in [3.63, 3.8) is 0 Å². The van der Waals surface area contributed by atoms with Gasteiger partial charge in [0.2, 0.25) is 5.82 Å². The molecule has 0 aliphatic carbocycles. The van der Waals surface area contributed by atoms with Crippen molar-refractivity contribution in [1.29, 1.82) is 0 Å². The maximum Gasteiger partial charge on any atom is 0.310 e. The molecule has 0 radical (unpaired) electrons. The van der Waals surface area contributed by atoms with E-state index in [1.54, 1.807) is 13.8 Å². The van der Waals surface area contributed by atoms with Crippen LogP contribution in [0.5, 0.6) is 5.75 Å². The summed E-state index contributed by atoms with van der Waals surface area (Å²) in [5.41, 5.74) is -0.682. The van der Waals surface area contributed by atoms with Crippen LogP contribution in [0.1, 0.15) is 13.8 Å². The van der Waals surface area contributed by atoms with Crippen molar-refractivity contribution >= 4 is 17.3 Å². The Morgan fingerprint density at radius 3 is 2.60 bits per heavy atom. The predicted molar refractivity (Wildman–Crippen MR) is 53.8 cm³/mol. The van der Waals surface area contributed by atoms with Gasteiger partial charge in [-0.1, -0.05) is 11.6 Å². The van der Waals surface area contributed by atoms with Crippen LogP contribution in [0, 0.1) is 15.9 Å². The maximum atomic E-state index is 13.4. The number of nitrogens with zero attached hydrogens (tertiary/aromatic N) is 1. The van der Waals surface area contributed by atoms with Gasteiger partial charge in [0.05, 0.1) is 16.0 Å². The number of ether oxygens (including phenoxy) is 1. The second-order valence-electron chi connectivity index (χ2n) is 3.16. The molecule has 0 spiro atoms. The van der Waals surface area contributed by atoms with Gasteiger partial charge in [-0.15, -0.1) is 0 Å². The Bertz CT molecular complexity index is 395. The quantitative estimate of drug-likeness (QED) is 0.595. The molecule has 15 heavy (non-hydrogen) atoms. The Morgan fingerprint density at radius 1 is 1.53 bits per heavy atom. The molecule has 1 aromatic rings. The van der Waals surface area contributed by atoms with E-state index in [1.807, 2.05) is 0 Å². The molecule has 1 rings (SSSR count). The molecule has 0 saturated carbocycles. The molecule has 0 atom stereocenters. The number of rotatable bonds is 3. The van der Waals surface area contributed by atoms with E-state index in [9.17, 15) is 14.5 Å². The maximum absolute atomic E-state index is 13.4.